The maximum atomic E-state index is 14.4. The number of hydrogen-bond acceptors (Lipinski definition) is 6. The highest BCUT2D eigenvalue weighted by molar-refractivity contribution is 5.76. The van der Waals surface area contributed by atoms with E-state index in [1.807, 2.05) is 0 Å². The lowest BCUT2D eigenvalue weighted by Gasteiger charge is -2.36. The predicted molar refractivity (Wildman–Crippen MR) is 102 cm³/mol. The lowest BCUT2D eigenvalue weighted by atomic mass is 9.77. The number of rotatable bonds is 5. The monoisotopic (exact) mass is 385 g/mol. The summed E-state index contributed by atoms with van der Waals surface area (Å²) < 4.78 is 14.4. The molecule has 2 heterocycles. The van der Waals surface area contributed by atoms with E-state index >= 15 is 0 Å². The molecule has 0 spiro atoms. The van der Waals surface area contributed by atoms with Gasteiger partial charge in [0.25, 0.3) is 0 Å². The summed E-state index contributed by atoms with van der Waals surface area (Å²) in [5, 5.41) is 13.7. The molecule has 148 valence electrons. The summed E-state index contributed by atoms with van der Waals surface area (Å²) in [4.78, 5) is 24.1. The summed E-state index contributed by atoms with van der Waals surface area (Å²) in [6.45, 7) is 0. The van der Waals surface area contributed by atoms with Gasteiger partial charge in [-0.15, -0.1) is 0 Å². The van der Waals surface area contributed by atoms with Gasteiger partial charge in [0.05, 0.1) is 11.9 Å². The second-order valence-electron chi connectivity index (χ2n) is 7.81. The third kappa shape index (κ3) is 3.69. The molecule has 2 atom stereocenters. The molecule has 2 aliphatic carbocycles. The van der Waals surface area contributed by atoms with Crippen LogP contribution in [0, 0.1) is 11.7 Å². The number of aliphatic hydroxyl groups is 1. The minimum Gasteiger partial charge on any atom is -0.384 e. The van der Waals surface area contributed by atoms with E-state index < -0.39 is 11.4 Å². The van der Waals surface area contributed by atoms with Crippen LogP contribution in [0.4, 0.5) is 10.3 Å². The number of hydrogen-bond donors (Lipinski definition) is 3. The molecule has 4 rings (SSSR count). The lowest BCUT2D eigenvalue weighted by Crippen LogP contribution is -2.34. The van der Waals surface area contributed by atoms with Crippen molar-refractivity contribution in [2.45, 2.75) is 56.6 Å². The maximum Gasteiger partial charge on any atom is 0.223 e. The highest BCUT2D eigenvalue weighted by Crippen LogP contribution is 2.41. The lowest BCUT2D eigenvalue weighted by molar-refractivity contribution is -0.122. The van der Waals surface area contributed by atoms with Crippen LogP contribution >= 0.6 is 0 Å². The first-order valence-electron chi connectivity index (χ1n) is 9.72. The number of anilines is 1. The van der Waals surface area contributed by atoms with E-state index in [1.165, 1.54) is 0 Å². The standard InChI is InChI=1S/C20H24FN5O2/c21-15-11-24-19(25-14-4-1-3-13(9-14)18(22)27)26-17(15)12-5-8-23-16(10-12)20(28)6-2-7-20/h5,8,10-11,13-14,28H,1-4,6-7,9H2,(H2,22,27)(H,24,25,26)/t13-,14+/m1/s1. The number of aromatic nitrogens is 3. The second-order valence-corrected chi connectivity index (χ2v) is 7.81. The van der Waals surface area contributed by atoms with Gasteiger partial charge in [-0.05, 0) is 50.7 Å². The Morgan fingerprint density at radius 2 is 2.11 bits per heavy atom. The molecule has 0 aromatic carbocycles. The van der Waals surface area contributed by atoms with Crippen molar-refractivity contribution in [3.05, 3.63) is 36.0 Å². The van der Waals surface area contributed by atoms with Crippen molar-refractivity contribution in [3.63, 3.8) is 0 Å². The number of nitrogens with zero attached hydrogens (tertiary/aromatic N) is 3. The molecule has 7 nitrogen and oxygen atoms in total. The SMILES string of the molecule is NC(=O)[C@@H]1CCC[C@H](Nc2ncc(F)c(-c3ccnc(C4(O)CCC4)c3)n2)C1. The van der Waals surface area contributed by atoms with E-state index in [2.05, 4.69) is 20.3 Å². The average Bonchev–Trinajstić information content (AvgIpc) is 2.68. The molecule has 28 heavy (non-hydrogen) atoms. The van der Waals surface area contributed by atoms with Crippen LogP contribution in [0.5, 0.6) is 0 Å². The Kier molecular flexibility index (Phi) is 4.97. The smallest absolute Gasteiger partial charge is 0.223 e. The van der Waals surface area contributed by atoms with E-state index in [0.29, 0.717) is 36.5 Å². The van der Waals surface area contributed by atoms with Crippen LogP contribution in [0.15, 0.2) is 24.5 Å². The molecular weight excluding hydrogens is 361 g/mol. The van der Waals surface area contributed by atoms with Crippen molar-refractivity contribution in [3.8, 4) is 11.3 Å². The molecule has 8 heteroatoms. The van der Waals surface area contributed by atoms with Gasteiger partial charge in [0.1, 0.15) is 11.3 Å². The molecule has 0 radical (unpaired) electrons. The minimum absolute atomic E-state index is 0.0215. The van der Waals surface area contributed by atoms with Crippen molar-refractivity contribution in [1.29, 1.82) is 0 Å². The molecule has 0 bridgehead atoms. The first-order valence-corrected chi connectivity index (χ1v) is 9.72. The summed E-state index contributed by atoms with van der Waals surface area (Å²) in [6, 6.07) is 3.39. The Labute approximate surface area is 162 Å². The Morgan fingerprint density at radius 3 is 2.82 bits per heavy atom. The fraction of sp³-hybridized carbons (Fsp3) is 0.500. The minimum atomic E-state index is -0.924. The first-order chi connectivity index (χ1) is 13.4. The normalized spacial score (nSPS) is 23.6. The highest BCUT2D eigenvalue weighted by Gasteiger charge is 2.37. The molecule has 4 N–H and O–H groups in total. The van der Waals surface area contributed by atoms with Crippen molar-refractivity contribution in [1.82, 2.24) is 15.0 Å². The molecule has 2 fully saturated rings. The fourth-order valence-electron chi connectivity index (χ4n) is 4.00. The largest absolute Gasteiger partial charge is 0.384 e. The van der Waals surface area contributed by atoms with Crippen molar-refractivity contribution in [2.24, 2.45) is 11.7 Å². The molecule has 2 aromatic rings. The summed E-state index contributed by atoms with van der Waals surface area (Å²) >= 11 is 0. The van der Waals surface area contributed by atoms with E-state index in [4.69, 9.17) is 5.73 Å². The van der Waals surface area contributed by atoms with Crippen LogP contribution in [0.1, 0.15) is 50.6 Å². The zero-order valence-corrected chi connectivity index (χ0v) is 15.6. The number of nitrogens with one attached hydrogen (secondary N) is 1. The van der Waals surface area contributed by atoms with Crippen molar-refractivity contribution < 1.29 is 14.3 Å². The summed E-state index contributed by atoms with van der Waals surface area (Å²) in [7, 11) is 0. The van der Waals surface area contributed by atoms with Gasteiger partial charge in [-0.2, -0.15) is 0 Å². The highest BCUT2D eigenvalue weighted by atomic mass is 19.1. The molecule has 0 saturated heterocycles. The number of halogens is 1. The quantitative estimate of drug-likeness (QED) is 0.729. The van der Waals surface area contributed by atoms with Gasteiger partial charge in [-0.3, -0.25) is 9.78 Å². The summed E-state index contributed by atoms with van der Waals surface area (Å²) in [6.07, 6.45) is 8.16. The second kappa shape index (κ2) is 7.43. The van der Waals surface area contributed by atoms with Gasteiger partial charge in [-0.1, -0.05) is 6.42 Å². The fourth-order valence-corrected chi connectivity index (χ4v) is 4.00. The van der Waals surface area contributed by atoms with Gasteiger partial charge < -0.3 is 16.2 Å². The molecule has 2 aromatic heterocycles. The maximum absolute atomic E-state index is 14.4. The number of primary amides is 1. The third-order valence-electron chi connectivity index (χ3n) is 5.84. The molecule has 0 unspecified atom stereocenters. The Balaban J connectivity index is 1.56. The Hall–Kier alpha value is -2.61. The van der Waals surface area contributed by atoms with E-state index in [-0.39, 0.29) is 23.6 Å². The third-order valence-corrected chi connectivity index (χ3v) is 5.84. The van der Waals surface area contributed by atoms with Crippen LogP contribution in [0.3, 0.4) is 0 Å². The van der Waals surface area contributed by atoms with Crippen molar-refractivity contribution >= 4 is 11.9 Å². The van der Waals surface area contributed by atoms with Gasteiger partial charge in [0.15, 0.2) is 5.82 Å². The van der Waals surface area contributed by atoms with E-state index in [9.17, 15) is 14.3 Å². The number of carbonyl (C=O) groups excluding carboxylic acids is 1. The molecule has 2 aliphatic rings. The Bertz CT molecular complexity index is 887. The van der Waals surface area contributed by atoms with Gasteiger partial charge in [0.2, 0.25) is 11.9 Å². The first kappa shape index (κ1) is 18.7. The van der Waals surface area contributed by atoms with Gasteiger partial charge in [-0.25, -0.2) is 14.4 Å². The zero-order valence-electron chi connectivity index (χ0n) is 15.6. The van der Waals surface area contributed by atoms with Crippen LogP contribution in [-0.4, -0.2) is 32.0 Å². The van der Waals surface area contributed by atoms with Crippen LogP contribution in [-0.2, 0) is 10.4 Å². The van der Waals surface area contributed by atoms with Crippen LogP contribution in [0.2, 0.25) is 0 Å². The van der Waals surface area contributed by atoms with Gasteiger partial charge in [0, 0.05) is 23.7 Å². The molecule has 1 amide bonds. The van der Waals surface area contributed by atoms with E-state index in [1.54, 1.807) is 18.3 Å². The summed E-state index contributed by atoms with van der Waals surface area (Å²) in [5.74, 6) is -0.670. The molecular formula is C20H24FN5O2. The average molecular weight is 385 g/mol. The molecule has 0 aliphatic heterocycles. The number of pyridine rings is 1. The van der Waals surface area contributed by atoms with Crippen LogP contribution < -0.4 is 11.1 Å². The van der Waals surface area contributed by atoms with E-state index in [0.717, 1.165) is 31.9 Å². The van der Waals surface area contributed by atoms with Crippen molar-refractivity contribution in [2.75, 3.05) is 5.32 Å². The number of nitrogens with two attached hydrogens (primary N) is 1. The zero-order chi connectivity index (χ0) is 19.7. The van der Waals surface area contributed by atoms with Gasteiger partial charge >= 0.3 is 0 Å². The topological polar surface area (TPSA) is 114 Å². The Morgan fingerprint density at radius 1 is 1.29 bits per heavy atom. The predicted octanol–water partition coefficient (Wildman–Crippen LogP) is 2.51. The summed E-state index contributed by atoms with van der Waals surface area (Å²) in [5.41, 5.74) is 5.76. The number of carbonyl (C=O) groups is 1. The number of amides is 1. The van der Waals surface area contributed by atoms with Crippen LogP contribution in [0.25, 0.3) is 11.3 Å². The molecule has 2 saturated carbocycles.